The molecule has 0 aliphatic heterocycles. The first-order valence-corrected chi connectivity index (χ1v) is 5.15. The van der Waals surface area contributed by atoms with Crippen LogP contribution in [0.3, 0.4) is 0 Å². The summed E-state index contributed by atoms with van der Waals surface area (Å²) in [4.78, 5) is 0. The van der Waals surface area contributed by atoms with Gasteiger partial charge in [0.15, 0.2) is 0 Å². The van der Waals surface area contributed by atoms with Crippen LogP contribution in [-0.2, 0) is 0 Å². The minimum atomic E-state index is 0.851. The van der Waals surface area contributed by atoms with Crippen LogP contribution in [0.15, 0.2) is 31.4 Å². The molecule has 1 nitrogen and oxygen atoms in total. The summed E-state index contributed by atoms with van der Waals surface area (Å²) >= 11 is 0. The molecule has 0 aromatic heterocycles. The Bertz CT molecular complexity index is 337. The molecule has 1 heteroatoms. The Morgan fingerprint density at radius 1 is 1.33 bits per heavy atom. The van der Waals surface area contributed by atoms with E-state index in [1.165, 1.54) is 0 Å². The van der Waals surface area contributed by atoms with Gasteiger partial charge in [-0.15, -0.1) is 0 Å². The molecule has 1 aromatic carbocycles. The van der Waals surface area contributed by atoms with Gasteiger partial charge in [0.25, 0.3) is 0 Å². The van der Waals surface area contributed by atoms with Crippen LogP contribution in [0.4, 0.5) is 0 Å². The Hall–Kier alpha value is -1.50. The molecule has 15 heavy (non-hydrogen) atoms. The predicted octanol–water partition coefficient (Wildman–Crippen LogP) is 4.40. The smallest absolute Gasteiger partial charge is 0.119 e. The van der Waals surface area contributed by atoms with Crippen molar-refractivity contribution in [1.29, 1.82) is 0 Å². The molecule has 0 saturated heterocycles. The maximum atomic E-state index is 5.13. The van der Waals surface area contributed by atoms with Crippen molar-refractivity contribution in [2.45, 2.75) is 20.8 Å². The average Bonchev–Trinajstić information content (AvgIpc) is 2.30. The highest BCUT2D eigenvalue weighted by atomic mass is 16.5. The maximum Gasteiger partial charge on any atom is 0.119 e. The molecule has 0 unspecified atom stereocenters. The van der Waals surface area contributed by atoms with E-state index in [9.17, 15) is 0 Å². The fraction of sp³-hybridized carbons (Fsp3) is 0.286. The summed E-state index contributed by atoms with van der Waals surface area (Å²) in [6.45, 7) is 13.6. The third-order valence-electron chi connectivity index (χ3n) is 1.94. The van der Waals surface area contributed by atoms with Crippen molar-refractivity contribution in [3.05, 3.63) is 42.5 Å². The highest BCUT2D eigenvalue weighted by Gasteiger charge is 2.01. The normalized spacial score (nSPS) is 8.53. The zero-order chi connectivity index (χ0) is 11.8. The van der Waals surface area contributed by atoms with E-state index in [1.807, 2.05) is 45.0 Å². The minimum Gasteiger partial charge on any atom is -0.497 e. The molecule has 0 amide bonds. The Kier molecular flexibility index (Phi) is 6.19. The van der Waals surface area contributed by atoms with Gasteiger partial charge in [0.05, 0.1) is 7.11 Å². The topological polar surface area (TPSA) is 9.23 Å². The maximum absolute atomic E-state index is 5.13. The largest absolute Gasteiger partial charge is 0.497 e. The molecule has 1 rings (SSSR count). The number of hydrogen-bond donors (Lipinski definition) is 0. The third-order valence-corrected chi connectivity index (χ3v) is 1.94. The van der Waals surface area contributed by atoms with Crippen LogP contribution in [-0.4, -0.2) is 7.11 Å². The molecule has 0 N–H and O–H groups in total. The molecular weight excluding hydrogens is 184 g/mol. The molecule has 1 aromatic rings. The summed E-state index contributed by atoms with van der Waals surface area (Å²) in [7, 11) is 1.66. The van der Waals surface area contributed by atoms with Crippen molar-refractivity contribution in [3.63, 3.8) is 0 Å². The number of rotatable bonds is 3. The summed E-state index contributed by atoms with van der Waals surface area (Å²) in [6, 6.07) is 5.87. The minimum absolute atomic E-state index is 0.851. The van der Waals surface area contributed by atoms with Crippen molar-refractivity contribution in [1.82, 2.24) is 0 Å². The fourth-order valence-electron chi connectivity index (χ4n) is 1.21. The molecule has 0 spiro atoms. The van der Waals surface area contributed by atoms with Crippen LogP contribution in [0.1, 0.15) is 31.9 Å². The number of ether oxygens (including phenoxy) is 1. The predicted molar refractivity (Wildman–Crippen MR) is 69.1 cm³/mol. The monoisotopic (exact) mass is 204 g/mol. The Morgan fingerprint density at radius 3 is 2.33 bits per heavy atom. The molecule has 0 bridgehead atoms. The molecule has 0 atom stereocenters. The fourth-order valence-corrected chi connectivity index (χ4v) is 1.21. The lowest BCUT2D eigenvalue weighted by Crippen LogP contribution is -1.88. The van der Waals surface area contributed by atoms with Crippen molar-refractivity contribution in [2.24, 2.45) is 0 Å². The van der Waals surface area contributed by atoms with E-state index in [4.69, 9.17) is 4.74 Å². The summed E-state index contributed by atoms with van der Waals surface area (Å²) in [5, 5.41) is 0. The number of benzene rings is 1. The molecule has 0 radical (unpaired) electrons. The lowest BCUT2D eigenvalue weighted by atomic mass is 10.0. The van der Waals surface area contributed by atoms with Gasteiger partial charge in [0.1, 0.15) is 5.75 Å². The van der Waals surface area contributed by atoms with Crippen LogP contribution < -0.4 is 4.74 Å². The van der Waals surface area contributed by atoms with Crippen LogP contribution in [0, 0.1) is 0 Å². The van der Waals surface area contributed by atoms with E-state index in [-0.39, 0.29) is 0 Å². The van der Waals surface area contributed by atoms with Crippen LogP contribution in [0.25, 0.3) is 11.6 Å². The summed E-state index contributed by atoms with van der Waals surface area (Å²) in [5.74, 6) is 0.851. The van der Waals surface area contributed by atoms with Crippen molar-refractivity contribution in [3.8, 4) is 5.75 Å². The molecule has 0 saturated carbocycles. The first-order chi connectivity index (χ1) is 7.19. The highest BCUT2D eigenvalue weighted by Crippen LogP contribution is 2.23. The van der Waals surface area contributed by atoms with Gasteiger partial charge < -0.3 is 4.74 Å². The molecule has 82 valence electrons. The van der Waals surface area contributed by atoms with Gasteiger partial charge in [0, 0.05) is 0 Å². The van der Waals surface area contributed by atoms with Crippen LogP contribution in [0.2, 0.25) is 0 Å². The Balaban J connectivity index is 0.000000921. The standard InChI is InChI=1S/C12H14O.C2H6/c1-5-10-6-7-11(13-4)8-12(10)9(2)3;1-2/h5-8H,1-2H2,3-4H3;1-2H3. The Labute approximate surface area is 93.1 Å². The SMILES string of the molecule is C=Cc1ccc(OC)cc1C(=C)C.CC. The van der Waals surface area contributed by atoms with E-state index in [0.29, 0.717) is 0 Å². The quantitative estimate of drug-likeness (QED) is 0.709. The number of allylic oxidation sites excluding steroid dienone is 1. The first kappa shape index (κ1) is 13.5. The van der Waals surface area contributed by atoms with Gasteiger partial charge in [-0.05, 0) is 30.2 Å². The summed E-state index contributed by atoms with van der Waals surface area (Å²) in [6.07, 6.45) is 1.82. The van der Waals surface area contributed by atoms with E-state index in [2.05, 4.69) is 13.2 Å². The number of hydrogen-bond acceptors (Lipinski definition) is 1. The molecular formula is C14H20O. The second-order valence-corrected chi connectivity index (χ2v) is 2.94. The van der Waals surface area contributed by atoms with Gasteiger partial charge in [-0.25, -0.2) is 0 Å². The lowest BCUT2D eigenvalue weighted by molar-refractivity contribution is 0.414. The summed E-state index contributed by atoms with van der Waals surface area (Å²) < 4.78 is 5.13. The van der Waals surface area contributed by atoms with Crippen molar-refractivity contribution < 1.29 is 4.74 Å². The highest BCUT2D eigenvalue weighted by molar-refractivity contribution is 5.72. The van der Waals surface area contributed by atoms with E-state index >= 15 is 0 Å². The van der Waals surface area contributed by atoms with Gasteiger partial charge in [-0.3, -0.25) is 0 Å². The van der Waals surface area contributed by atoms with Crippen LogP contribution >= 0.6 is 0 Å². The molecule has 0 aliphatic rings. The molecule has 0 aliphatic carbocycles. The second-order valence-electron chi connectivity index (χ2n) is 2.94. The molecule has 0 heterocycles. The number of methoxy groups -OCH3 is 1. The van der Waals surface area contributed by atoms with Gasteiger partial charge in [-0.1, -0.05) is 44.7 Å². The summed E-state index contributed by atoms with van der Waals surface area (Å²) in [5.41, 5.74) is 3.21. The van der Waals surface area contributed by atoms with Crippen molar-refractivity contribution in [2.75, 3.05) is 7.11 Å². The average molecular weight is 204 g/mol. The second kappa shape index (κ2) is 6.88. The van der Waals surface area contributed by atoms with Crippen LogP contribution in [0.5, 0.6) is 5.75 Å². The van der Waals surface area contributed by atoms with E-state index in [1.54, 1.807) is 7.11 Å². The zero-order valence-electron chi connectivity index (χ0n) is 10.1. The van der Waals surface area contributed by atoms with Gasteiger partial charge in [0.2, 0.25) is 0 Å². The van der Waals surface area contributed by atoms with Crippen molar-refractivity contribution >= 4 is 11.6 Å². The zero-order valence-corrected chi connectivity index (χ0v) is 10.1. The molecule has 0 fully saturated rings. The van der Waals surface area contributed by atoms with E-state index < -0.39 is 0 Å². The van der Waals surface area contributed by atoms with Gasteiger partial charge >= 0.3 is 0 Å². The first-order valence-electron chi connectivity index (χ1n) is 5.15. The van der Waals surface area contributed by atoms with Gasteiger partial charge in [-0.2, -0.15) is 0 Å². The van der Waals surface area contributed by atoms with E-state index in [0.717, 1.165) is 22.4 Å². The third kappa shape index (κ3) is 3.62. The Morgan fingerprint density at radius 2 is 1.93 bits per heavy atom. The lowest BCUT2D eigenvalue weighted by Gasteiger charge is -2.07.